The second-order valence-electron chi connectivity index (χ2n) is 7.25. The molecule has 2 aromatic rings. The van der Waals surface area contributed by atoms with Gasteiger partial charge in [0.05, 0.1) is 31.9 Å². The first-order valence-corrected chi connectivity index (χ1v) is 11.2. The molecule has 0 aromatic heterocycles. The van der Waals surface area contributed by atoms with Gasteiger partial charge in [-0.3, -0.25) is 9.59 Å². The molecule has 2 N–H and O–H groups in total. The van der Waals surface area contributed by atoms with Gasteiger partial charge in [-0.1, -0.05) is 42.5 Å². The molecule has 1 aliphatic heterocycles. The average Bonchev–Trinajstić information content (AvgIpc) is 2.69. The van der Waals surface area contributed by atoms with E-state index in [-0.39, 0.29) is 24.0 Å². The minimum absolute atomic E-state index is 0.00382. The fourth-order valence-corrected chi connectivity index (χ4v) is 4.92. The van der Waals surface area contributed by atoms with Crippen LogP contribution in [-0.2, 0) is 20.6 Å². The van der Waals surface area contributed by atoms with Gasteiger partial charge in [0.25, 0.3) is 5.91 Å². The predicted molar refractivity (Wildman–Crippen MR) is 111 cm³/mol. The van der Waals surface area contributed by atoms with Crippen molar-refractivity contribution in [1.29, 1.82) is 0 Å². The highest BCUT2D eigenvalue weighted by Gasteiger charge is 2.30. The zero-order chi connectivity index (χ0) is 20.9. The molecule has 1 saturated heterocycles. The van der Waals surface area contributed by atoms with Crippen LogP contribution in [0.1, 0.15) is 22.8 Å². The minimum atomic E-state index is -3.36. The summed E-state index contributed by atoms with van der Waals surface area (Å²) in [5, 5.41) is 2.81. The largest absolute Gasteiger partial charge is 0.325 e. The first-order valence-electron chi connectivity index (χ1n) is 9.60. The number of Topliss-reactive ketones (excluding diaryl/α,β-unsaturated/α-hetero) is 1. The maximum Gasteiger partial charge on any atom is 0.279 e. The Hall–Kier alpha value is -2.55. The number of amides is 1. The molecule has 0 bridgehead atoms. The maximum atomic E-state index is 12.6. The number of hydrogen-bond donors (Lipinski definition) is 2. The number of benzene rings is 2. The van der Waals surface area contributed by atoms with E-state index in [1.807, 2.05) is 30.3 Å². The minimum Gasteiger partial charge on any atom is -0.325 e. The number of sulfonamides is 1. The van der Waals surface area contributed by atoms with E-state index >= 15 is 0 Å². The van der Waals surface area contributed by atoms with Crippen LogP contribution in [0.5, 0.6) is 0 Å². The zero-order valence-electron chi connectivity index (χ0n) is 16.4. The molecule has 0 unspecified atom stereocenters. The van der Waals surface area contributed by atoms with E-state index in [1.165, 1.54) is 11.2 Å². The normalized spacial score (nSPS) is 15.8. The molecule has 1 aliphatic rings. The Kier molecular flexibility index (Phi) is 6.79. The lowest BCUT2D eigenvalue weighted by atomic mass is 10.1. The van der Waals surface area contributed by atoms with E-state index in [2.05, 4.69) is 5.32 Å². The molecule has 1 heterocycles. The van der Waals surface area contributed by atoms with Crippen molar-refractivity contribution in [3.63, 3.8) is 0 Å². The summed E-state index contributed by atoms with van der Waals surface area (Å²) < 4.78 is 26.8. The maximum absolute atomic E-state index is 12.6. The molecule has 2 aromatic carbocycles. The highest BCUT2D eigenvalue weighted by molar-refractivity contribution is 7.88. The van der Waals surface area contributed by atoms with Gasteiger partial charge in [-0.15, -0.1) is 0 Å². The van der Waals surface area contributed by atoms with Gasteiger partial charge < -0.3 is 10.2 Å². The number of quaternary nitrogens is 1. The summed E-state index contributed by atoms with van der Waals surface area (Å²) in [6.07, 6.45) is 0. The van der Waals surface area contributed by atoms with E-state index in [0.717, 1.165) is 10.5 Å². The monoisotopic (exact) mass is 416 g/mol. The van der Waals surface area contributed by atoms with Crippen molar-refractivity contribution in [3.8, 4) is 0 Å². The van der Waals surface area contributed by atoms with E-state index in [4.69, 9.17) is 0 Å². The second-order valence-corrected chi connectivity index (χ2v) is 9.22. The molecule has 1 fully saturated rings. The van der Waals surface area contributed by atoms with E-state index in [0.29, 0.717) is 37.4 Å². The lowest BCUT2D eigenvalue weighted by Crippen LogP contribution is -3.15. The molecule has 154 valence electrons. The molecule has 0 spiro atoms. The van der Waals surface area contributed by atoms with Gasteiger partial charge in [0.2, 0.25) is 10.0 Å². The van der Waals surface area contributed by atoms with Crippen molar-refractivity contribution < 1.29 is 22.9 Å². The summed E-state index contributed by atoms with van der Waals surface area (Å²) in [5.74, 6) is -0.211. The molecule has 29 heavy (non-hydrogen) atoms. The second kappa shape index (κ2) is 9.30. The van der Waals surface area contributed by atoms with E-state index < -0.39 is 10.0 Å². The number of anilines is 1. The molecule has 8 heteroatoms. The van der Waals surface area contributed by atoms with Crippen molar-refractivity contribution >= 4 is 27.4 Å². The van der Waals surface area contributed by atoms with Gasteiger partial charge >= 0.3 is 0 Å². The van der Waals surface area contributed by atoms with E-state index in [9.17, 15) is 18.0 Å². The average molecular weight is 417 g/mol. The molecule has 0 atom stereocenters. The first kappa shape index (κ1) is 21.2. The number of hydrogen-bond acceptors (Lipinski definition) is 4. The highest BCUT2D eigenvalue weighted by Crippen LogP contribution is 2.12. The Morgan fingerprint density at radius 3 is 2.38 bits per heavy atom. The number of piperazine rings is 1. The van der Waals surface area contributed by atoms with Crippen LogP contribution in [0, 0.1) is 0 Å². The van der Waals surface area contributed by atoms with Crippen molar-refractivity contribution in [2.24, 2.45) is 0 Å². The van der Waals surface area contributed by atoms with Gasteiger partial charge in [0, 0.05) is 11.3 Å². The summed E-state index contributed by atoms with van der Waals surface area (Å²) in [6.45, 7) is 3.70. The molecule has 3 rings (SSSR count). The van der Waals surface area contributed by atoms with Gasteiger partial charge in [-0.2, -0.15) is 4.31 Å². The zero-order valence-corrected chi connectivity index (χ0v) is 17.2. The van der Waals surface area contributed by atoms with Crippen molar-refractivity contribution in [2.45, 2.75) is 12.7 Å². The Bertz CT molecular complexity index is 968. The molecule has 0 radical (unpaired) electrons. The third-order valence-corrected chi connectivity index (χ3v) is 6.83. The lowest BCUT2D eigenvalue weighted by molar-refractivity contribution is -0.895. The van der Waals surface area contributed by atoms with Crippen LogP contribution < -0.4 is 10.2 Å². The summed E-state index contributed by atoms with van der Waals surface area (Å²) >= 11 is 0. The van der Waals surface area contributed by atoms with Crippen LogP contribution in [0.4, 0.5) is 5.69 Å². The van der Waals surface area contributed by atoms with Crippen LogP contribution in [0.2, 0.25) is 0 Å². The smallest absolute Gasteiger partial charge is 0.279 e. The van der Waals surface area contributed by atoms with Crippen molar-refractivity contribution in [3.05, 3.63) is 65.7 Å². The van der Waals surface area contributed by atoms with Gasteiger partial charge in [-0.25, -0.2) is 8.42 Å². The summed E-state index contributed by atoms with van der Waals surface area (Å²) in [5.41, 5.74) is 1.91. The number of nitrogens with one attached hydrogen (secondary N) is 2. The molecule has 0 aliphatic carbocycles. The number of nitrogens with zero attached hydrogens (tertiary/aromatic N) is 1. The van der Waals surface area contributed by atoms with Crippen LogP contribution in [-0.4, -0.2) is 57.1 Å². The van der Waals surface area contributed by atoms with Crippen molar-refractivity contribution in [2.75, 3.05) is 38.0 Å². The fourth-order valence-electron chi connectivity index (χ4n) is 3.38. The molecule has 7 nitrogen and oxygen atoms in total. The molecular formula is C21H26N3O4S+. The Morgan fingerprint density at radius 1 is 1.03 bits per heavy atom. The Balaban J connectivity index is 1.50. The van der Waals surface area contributed by atoms with Crippen LogP contribution in [0.25, 0.3) is 0 Å². The number of carbonyl (C=O) groups excluding carboxylic acids is 2. The third-order valence-electron chi connectivity index (χ3n) is 4.98. The Morgan fingerprint density at radius 2 is 1.72 bits per heavy atom. The van der Waals surface area contributed by atoms with Gasteiger partial charge in [-0.05, 0) is 24.6 Å². The lowest BCUT2D eigenvalue weighted by Gasteiger charge is -2.31. The van der Waals surface area contributed by atoms with Crippen LogP contribution in [0.15, 0.2) is 54.6 Å². The topological polar surface area (TPSA) is 88.0 Å². The van der Waals surface area contributed by atoms with Crippen molar-refractivity contribution in [1.82, 2.24) is 4.31 Å². The first-order chi connectivity index (χ1) is 13.8. The standard InChI is InChI=1S/C21H25N3O4S/c1-17(25)19-8-5-9-20(14-19)22-21(26)15-23-10-12-24(13-11-23)29(27,28)16-18-6-3-2-4-7-18/h2-9,14H,10-13,15-16H2,1H3,(H,22,26)/p+1. The van der Waals surface area contributed by atoms with Crippen LogP contribution in [0.3, 0.4) is 0 Å². The summed E-state index contributed by atoms with van der Waals surface area (Å²) in [4.78, 5) is 24.8. The van der Waals surface area contributed by atoms with Gasteiger partial charge in [0.15, 0.2) is 12.3 Å². The predicted octanol–water partition coefficient (Wildman–Crippen LogP) is 0.558. The number of ketones is 1. The van der Waals surface area contributed by atoms with Crippen LogP contribution >= 0.6 is 0 Å². The number of rotatable bonds is 7. The third kappa shape index (κ3) is 5.96. The molecular weight excluding hydrogens is 390 g/mol. The highest BCUT2D eigenvalue weighted by atomic mass is 32.2. The molecule has 1 amide bonds. The number of carbonyl (C=O) groups is 2. The van der Waals surface area contributed by atoms with E-state index in [1.54, 1.807) is 24.3 Å². The summed E-state index contributed by atoms with van der Waals surface area (Å²) in [6, 6.07) is 16.0. The molecule has 0 saturated carbocycles. The fraction of sp³-hybridized carbons (Fsp3) is 0.333. The SMILES string of the molecule is CC(=O)c1cccc(NC(=O)C[NH+]2CCN(S(=O)(=O)Cc3ccccc3)CC2)c1. The quantitative estimate of drug-likeness (QED) is 0.646. The Labute approximate surface area is 171 Å². The summed E-state index contributed by atoms with van der Waals surface area (Å²) in [7, 11) is -3.36. The van der Waals surface area contributed by atoms with Gasteiger partial charge in [0.1, 0.15) is 0 Å².